The van der Waals surface area contributed by atoms with Gasteiger partial charge < -0.3 is 9.13 Å². The number of aromatic nitrogens is 4. The molecule has 0 atom stereocenters. The van der Waals surface area contributed by atoms with Crippen molar-refractivity contribution in [3.63, 3.8) is 0 Å². The second-order valence-electron chi connectivity index (χ2n) is 16.8. The normalized spacial score (nSPS) is 11.7. The van der Waals surface area contributed by atoms with E-state index in [0.29, 0.717) is 28.1 Å². The molecule has 0 unspecified atom stereocenters. The number of rotatable bonds is 7. The fourth-order valence-electron chi connectivity index (χ4n) is 9.85. The molecule has 322 valence electrons. The van der Waals surface area contributed by atoms with E-state index < -0.39 is 11.7 Å². The van der Waals surface area contributed by atoms with Crippen molar-refractivity contribution in [3.05, 3.63) is 230 Å². The van der Waals surface area contributed by atoms with E-state index in [2.05, 4.69) is 69.8 Å². The predicted octanol–water partition coefficient (Wildman–Crippen LogP) is 15.9. The predicted molar refractivity (Wildman–Crippen MR) is 268 cm³/mol. The standard InChI is InChI=1S/C60H36F3N5/c61-60(62,63)44-19-11-18-40(32-44)51-36-54(67-52-24-9-7-20-47(52)49-28-26-41(33-55(49)67)45-22-12-30-65-58(45)38-14-3-1-4-15-38)43(37-64)35-57(51)68-53-25-10-8-21-48(53)50-29-27-42(34-56(50)68)46-23-13-31-66-59(46)39-16-5-2-6-17-39/h1-36H. The van der Waals surface area contributed by atoms with E-state index >= 15 is 0 Å². The van der Waals surface area contributed by atoms with Gasteiger partial charge in [-0.25, -0.2) is 0 Å². The van der Waals surface area contributed by atoms with Gasteiger partial charge in [0.25, 0.3) is 0 Å². The van der Waals surface area contributed by atoms with Crippen molar-refractivity contribution in [2.75, 3.05) is 0 Å². The highest BCUT2D eigenvalue weighted by Gasteiger charge is 2.31. The summed E-state index contributed by atoms with van der Waals surface area (Å²) < 4.78 is 48.1. The first kappa shape index (κ1) is 40.4. The zero-order valence-electron chi connectivity index (χ0n) is 36.2. The lowest BCUT2D eigenvalue weighted by atomic mass is 9.97. The SMILES string of the molecule is N#Cc1cc(-n2c3ccccc3c3ccc(-c4cccnc4-c4ccccc4)cc32)c(-c2cccc(C(F)(F)F)c2)cc1-n1c2ccccc2c2ccc(-c3cccnc3-c3ccccc3)cc21. The van der Waals surface area contributed by atoms with Crippen LogP contribution in [0.1, 0.15) is 11.1 Å². The molecule has 0 aliphatic heterocycles. The van der Waals surface area contributed by atoms with Gasteiger partial charge in [-0.05, 0) is 77.4 Å². The largest absolute Gasteiger partial charge is 0.416 e. The fraction of sp³-hybridized carbons (Fsp3) is 0.0167. The van der Waals surface area contributed by atoms with Crippen LogP contribution in [0, 0.1) is 11.3 Å². The molecule has 12 rings (SSSR count). The third kappa shape index (κ3) is 6.71. The van der Waals surface area contributed by atoms with E-state index in [1.807, 2.05) is 127 Å². The molecule has 0 saturated heterocycles. The summed E-state index contributed by atoms with van der Waals surface area (Å²) in [5.74, 6) is 0. The molecule has 0 aliphatic rings. The van der Waals surface area contributed by atoms with E-state index in [4.69, 9.17) is 9.97 Å². The average Bonchev–Trinajstić information content (AvgIpc) is 3.90. The van der Waals surface area contributed by atoms with Crippen LogP contribution in [0.3, 0.4) is 0 Å². The van der Waals surface area contributed by atoms with Gasteiger partial charge in [0, 0.05) is 61.8 Å². The molecular formula is C60H36F3N5. The summed E-state index contributed by atoms with van der Waals surface area (Å²) in [6, 6.07) is 68.3. The number of para-hydroxylation sites is 2. The zero-order valence-corrected chi connectivity index (χ0v) is 36.2. The van der Waals surface area contributed by atoms with Crippen LogP contribution in [-0.2, 0) is 6.18 Å². The van der Waals surface area contributed by atoms with Gasteiger partial charge >= 0.3 is 6.18 Å². The van der Waals surface area contributed by atoms with Crippen molar-refractivity contribution < 1.29 is 13.2 Å². The molecule has 8 heteroatoms. The molecular weight excluding hydrogens is 848 g/mol. The second-order valence-corrected chi connectivity index (χ2v) is 16.8. The van der Waals surface area contributed by atoms with Gasteiger partial charge in [-0.1, -0.05) is 146 Å². The number of fused-ring (bicyclic) bond motifs is 6. The van der Waals surface area contributed by atoms with Crippen LogP contribution in [0.4, 0.5) is 13.2 Å². The average molecular weight is 884 g/mol. The van der Waals surface area contributed by atoms with E-state index in [1.54, 1.807) is 18.5 Å². The fourth-order valence-corrected chi connectivity index (χ4v) is 9.85. The van der Waals surface area contributed by atoms with Gasteiger partial charge in [0.05, 0.1) is 56.0 Å². The molecule has 8 aromatic carbocycles. The smallest absolute Gasteiger partial charge is 0.309 e. The Morgan fingerprint density at radius 3 is 1.38 bits per heavy atom. The Bertz CT molecular complexity index is 3970. The summed E-state index contributed by atoms with van der Waals surface area (Å²) in [7, 11) is 0. The van der Waals surface area contributed by atoms with Crippen LogP contribution in [-0.4, -0.2) is 19.1 Å². The highest BCUT2D eigenvalue weighted by atomic mass is 19.4. The van der Waals surface area contributed by atoms with Gasteiger partial charge in [-0.3, -0.25) is 9.97 Å². The quantitative estimate of drug-likeness (QED) is 0.160. The number of hydrogen-bond acceptors (Lipinski definition) is 3. The van der Waals surface area contributed by atoms with Gasteiger partial charge in [-0.15, -0.1) is 0 Å². The molecule has 0 aliphatic carbocycles. The lowest BCUT2D eigenvalue weighted by Gasteiger charge is -2.20. The van der Waals surface area contributed by atoms with Crippen LogP contribution in [0.2, 0.25) is 0 Å². The molecule has 4 heterocycles. The van der Waals surface area contributed by atoms with Crippen LogP contribution in [0.5, 0.6) is 0 Å². The topological polar surface area (TPSA) is 59.4 Å². The third-order valence-electron chi connectivity index (χ3n) is 12.9. The number of hydrogen-bond donors (Lipinski definition) is 0. The Kier molecular flexibility index (Phi) is 9.59. The van der Waals surface area contributed by atoms with Crippen molar-refractivity contribution in [2.24, 2.45) is 0 Å². The van der Waals surface area contributed by atoms with Crippen molar-refractivity contribution in [2.45, 2.75) is 6.18 Å². The molecule has 0 amide bonds. The van der Waals surface area contributed by atoms with Gasteiger partial charge in [0.1, 0.15) is 6.07 Å². The number of alkyl halides is 3. The molecule has 0 saturated carbocycles. The van der Waals surface area contributed by atoms with Gasteiger partial charge in [-0.2, -0.15) is 18.4 Å². The van der Waals surface area contributed by atoms with Crippen molar-refractivity contribution in [3.8, 4) is 73.3 Å². The Labute approximate surface area is 388 Å². The molecule has 0 bridgehead atoms. The summed E-state index contributed by atoms with van der Waals surface area (Å²) >= 11 is 0. The molecule has 0 spiro atoms. The molecule has 0 radical (unpaired) electrons. The van der Waals surface area contributed by atoms with E-state index in [0.717, 1.165) is 94.4 Å². The first-order chi connectivity index (χ1) is 33.3. The summed E-state index contributed by atoms with van der Waals surface area (Å²) in [4.78, 5) is 9.62. The molecule has 0 fully saturated rings. The van der Waals surface area contributed by atoms with Crippen molar-refractivity contribution in [1.82, 2.24) is 19.1 Å². The number of pyridine rings is 2. The minimum absolute atomic E-state index is 0.343. The maximum atomic E-state index is 14.7. The number of halogens is 3. The first-order valence-corrected chi connectivity index (χ1v) is 22.2. The van der Waals surface area contributed by atoms with Gasteiger partial charge in [0.15, 0.2) is 0 Å². The monoisotopic (exact) mass is 883 g/mol. The maximum Gasteiger partial charge on any atom is 0.416 e. The van der Waals surface area contributed by atoms with Crippen LogP contribution in [0.15, 0.2) is 219 Å². The molecule has 12 aromatic rings. The minimum atomic E-state index is -4.60. The Balaban J connectivity index is 1.15. The Morgan fingerprint density at radius 2 is 0.853 bits per heavy atom. The van der Waals surface area contributed by atoms with Crippen LogP contribution in [0.25, 0.3) is 111 Å². The Morgan fingerprint density at radius 1 is 0.382 bits per heavy atom. The first-order valence-electron chi connectivity index (χ1n) is 22.2. The lowest BCUT2D eigenvalue weighted by Crippen LogP contribution is -2.06. The molecule has 4 aromatic heterocycles. The maximum absolute atomic E-state index is 14.7. The summed E-state index contributed by atoms with van der Waals surface area (Å²) in [6.45, 7) is 0. The highest BCUT2D eigenvalue weighted by molar-refractivity contribution is 6.12. The van der Waals surface area contributed by atoms with Crippen molar-refractivity contribution >= 4 is 43.6 Å². The number of nitriles is 1. The van der Waals surface area contributed by atoms with Crippen LogP contribution < -0.4 is 0 Å². The summed E-state index contributed by atoms with van der Waals surface area (Å²) in [6.07, 6.45) is -1.02. The molecule has 5 nitrogen and oxygen atoms in total. The molecule has 0 N–H and O–H groups in total. The highest BCUT2D eigenvalue weighted by Crippen LogP contribution is 2.44. The van der Waals surface area contributed by atoms with Crippen molar-refractivity contribution in [1.29, 1.82) is 5.26 Å². The van der Waals surface area contributed by atoms with E-state index in [9.17, 15) is 18.4 Å². The second kappa shape index (κ2) is 16.1. The van der Waals surface area contributed by atoms with Gasteiger partial charge in [0.2, 0.25) is 0 Å². The Hall–Kier alpha value is -9.06. The molecule has 68 heavy (non-hydrogen) atoms. The van der Waals surface area contributed by atoms with Crippen LogP contribution >= 0.6 is 0 Å². The lowest BCUT2D eigenvalue weighted by molar-refractivity contribution is -0.137. The minimum Gasteiger partial charge on any atom is -0.309 e. The third-order valence-corrected chi connectivity index (χ3v) is 12.9. The summed E-state index contributed by atoms with van der Waals surface area (Å²) in [5, 5.41) is 15.2. The number of benzene rings is 8. The van der Waals surface area contributed by atoms with E-state index in [-0.39, 0.29) is 0 Å². The number of nitrogens with zero attached hydrogens (tertiary/aromatic N) is 5. The van der Waals surface area contributed by atoms with E-state index in [1.165, 1.54) is 12.1 Å². The summed E-state index contributed by atoms with van der Waals surface area (Å²) in [5.41, 5.74) is 12.2. The zero-order chi connectivity index (χ0) is 45.9.